The lowest BCUT2D eigenvalue weighted by atomic mass is 10.1. The fourth-order valence-electron chi connectivity index (χ4n) is 3.24. The van der Waals surface area contributed by atoms with Gasteiger partial charge in [-0.1, -0.05) is 18.2 Å². The number of imidazole rings is 1. The van der Waals surface area contributed by atoms with Gasteiger partial charge >= 0.3 is 0 Å². The summed E-state index contributed by atoms with van der Waals surface area (Å²) in [7, 11) is 0. The lowest BCUT2D eigenvalue weighted by Crippen LogP contribution is -2.14. The third-order valence-corrected chi connectivity index (χ3v) is 5.91. The SMILES string of the molecule is Cc1[nH]c2ccccc2c1-c1csc(NC(=O)Cc2cn3ccsc3n2)n1. The maximum atomic E-state index is 12.4. The highest BCUT2D eigenvalue weighted by molar-refractivity contribution is 7.15. The number of aryl methyl sites for hydroxylation is 1. The Morgan fingerprint density at radius 2 is 2.15 bits per heavy atom. The van der Waals surface area contributed by atoms with Gasteiger partial charge in [-0.25, -0.2) is 9.97 Å². The Hall–Kier alpha value is -2.97. The van der Waals surface area contributed by atoms with Crippen molar-refractivity contribution in [1.82, 2.24) is 19.4 Å². The molecule has 1 aromatic carbocycles. The second-order valence-electron chi connectivity index (χ2n) is 6.26. The number of aromatic amines is 1. The first-order chi connectivity index (χ1) is 13.2. The summed E-state index contributed by atoms with van der Waals surface area (Å²) in [6.45, 7) is 2.04. The third kappa shape index (κ3) is 2.92. The van der Waals surface area contributed by atoms with Crippen molar-refractivity contribution in [1.29, 1.82) is 0 Å². The molecule has 0 aliphatic rings. The first-order valence-corrected chi connectivity index (χ1v) is 10.2. The summed E-state index contributed by atoms with van der Waals surface area (Å²) in [5, 5.41) is 8.57. The molecule has 0 bridgehead atoms. The summed E-state index contributed by atoms with van der Waals surface area (Å²) in [5.74, 6) is -0.114. The van der Waals surface area contributed by atoms with Crippen molar-refractivity contribution in [2.24, 2.45) is 0 Å². The summed E-state index contributed by atoms with van der Waals surface area (Å²) in [4.78, 5) is 25.7. The number of hydrogen-bond donors (Lipinski definition) is 2. The van der Waals surface area contributed by atoms with Crippen LogP contribution in [0.3, 0.4) is 0 Å². The fraction of sp³-hybridized carbons (Fsp3) is 0.105. The minimum absolute atomic E-state index is 0.114. The lowest BCUT2D eigenvalue weighted by Gasteiger charge is -1.99. The summed E-state index contributed by atoms with van der Waals surface area (Å²) in [5.41, 5.74) is 4.86. The van der Waals surface area contributed by atoms with Crippen LogP contribution in [-0.4, -0.2) is 25.3 Å². The van der Waals surface area contributed by atoms with Crippen LogP contribution in [0.15, 0.2) is 47.4 Å². The number of fused-ring (bicyclic) bond motifs is 2. The molecule has 134 valence electrons. The maximum Gasteiger partial charge on any atom is 0.232 e. The highest BCUT2D eigenvalue weighted by Crippen LogP contribution is 2.33. The number of hydrogen-bond acceptors (Lipinski definition) is 5. The van der Waals surface area contributed by atoms with Crippen LogP contribution in [0.4, 0.5) is 5.13 Å². The molecule has 0 unspecified atom stereocenters. The molecule has 0 spiro atoms. The normalized spacial score (nSPS) is 11.4. The number of nitrogens with zero attached hydrogens (tertiary/aromatic N) is 3. The van der Waals surface area contributed by atoms with E-state index < -0.39 is 0 Å². The third-order valence-electron chi connectivity index (χ3n) is 4.39. The predicted molar refractivity (Wildman–Crippen MR) is 110 cm³/mol. The van der Waals surface area contributed by atoms with E-state index in [9.17, 15) is 4.79 Å². The maximum absolute atomic E-state index is 12.4. The standard InChI is InChI=1S/C19H15N5OS2/c1-11-17(13-4-2-3-5-14(13)20-11)15-10-27-18(22-15)23-16(25)8-12-9-24-6-7-26-19(24)21-12/h2-7,9-10,20H,8H2,1H3,(H,22,23,25). The summed E-state index contributed by atoms with van der Waals surface area (Å²) < 4.78 is 1.93. The number of para-hydroxylation sites is 1. The van der Waals surface area contributed by atoms with Crippen LogP contribution < -0.4 is 5.32 Å². The molecule has 5 aromatic rings. The first kappa shape index (κ1) is 16.2. The zero-order valence-corrected chi connectivity index (χ0v) is 16.0. The molecule has 6 nitrogen and oxygen atoms in total. The van der Waals surface area contributed by atoms with E-state index in [1.165, 1.54) is 11.3 Å². The quantitative estimate of drug-likeness (QED) is 0.472. The minimum atomic E-state index is -0.114. The van der Waals surface area contributed by atoms with Gasteiger partial charge in [0.05, 0.1) is 17.8 Å². The molecule has 0 fully saturated rings. The van der Waals surface area contributed by atoms with E-state index in [0.29, 0.717) is 5.13 Å². The van der Waals surface area contributed by atoms with Gasteiger partial charge in [0.15, 0.2) is 10.1 Å². The number of rotatable bonds is 4. The molecule has 0 saturated heterocycles. The van der Waals surface area contributed by atoms with Crippen LogP contribution in [0.5, 0.6) is 0 Å². The second kappa shape index (κ2) is 6.33. The van der Waals surface area contributed by atoms with Crippen LogP contribution in [0.2, 0.25) is 0 Å². The van der Waals surface area contributed by atoms with Crippen molar-refractivity contribution >= 4 is 49.6 Å². The summed E-state index contributed by atoms with van der Waals surface area (Å²) in [6.07, 6.45) is 4.05. The number of carbonyl (C=O) groups is 1. The van der Waals surface area contributed by atoms with Crippen molar-refractivity contribution in [3.05, 3.63) is 58.8 Å². The predicted octanol–water partition coefficient (Wildman–Crippen LogP) is 4.49. The molecule has 27 heavy (non-hydrogen) atoms. The zero-order chi connectivity index (χ0) is 18.4. The first-order valence-electron chi connectivity index (χ1n) is 8.41. The van der Waals surface area contributed by atoms with Crippen molar-refractivity contribution < 1.29 is 4.79 Å². The van der Waals surface area contributed by atoms with Crippen molar-refractivity contribution in [3.63, 3.8) is 0 Å². The highest BCUT2D eigenvalue weighted by atomic mass is 32.1. The van der Waals surface area contributed by atoms with E-state index in [-0.39, 0.29) is 12.3 Å². The average molecular weight is 393 g/mol. The number of carbonyl (C=O) groups excluding carboxylic acids is 1. The molecular weight excluding hydrogens is 378 g/mol. The van der Waals surface area contributed by atoms with E-state index in [2.05, 4.69) is 32.4 Å². The van der Waals surface area contributed by atoms with Crippen LogP contribution >= 0.6 is 22.7 Å². The van der Waals surface area contributed by atoms with Crippen LogP contribution in [0.1, 0.15) is 11.4 Å². The molecule has 0 radical (unpaired) electrons. The largest absolute Gasteiger partial charge is 0.358 e. The van der Waals surface area contributed by atoms with Gasteiger partial charge in [-0.2, -0.15) is 0 Å². The number of benzene rings is 1. The van der Waals surface area contributed by atoms with Crippen LogP contribution in [0.25, 0.3) is 27.1 Å². The van der Waals surface area contributed by atoms with Gasteiger partial charge in [0.25, 0.3) is 0 Å². The summed E-state index contributed by atoms with van der Waals surface area (Å²) >= 11 is 2.98. The van der Waals surface area contributed by atoms with Gasteiger partial charge in [0, 0.05) is 45.3 Å². The Balaban J connectivity index is 1.36. The molecule has 1 amide bonds. The van der Waals surface area contributed by atoms with Gasteiger partial charge in [-0.05, 0) is 13.0 Å². The Morgan fingerprint density at radius 1 is 1.26 bits per heavy atom. The van der Waals surface area contributed by atoms with E-state index in [4.69, 9.17) is 0 Å². The van der Waals surface area contributed by atoms with E-state index >= 15 is 0 Å². The molecule has 5 rings (SSSR count). The molecular formula is C19H15N5OS2. The van der Waals surface area contributed by atoms with E-state index in [1.54, 1.807) is 11.3 Å². The van der Waals surface area contributed by atoms with E-state index in [1.807, 2.05) is 46.6 Å². The molecule has 0 saturated carbocycles. The van der Waals surface area contributed by atoms with Crippen molar-refractivity contribution in [2.45, 2.75) is 13.3 Å². The lowest BCUT2D eigenvalue weighted by molar-refractivity contribution is -0.115. The number of nitrogens with one attached hydrogen (secondary N) is 2. The molecule has 0 aliphatic carbocycles. The number of anilines is 1. The number of aromatic nitrogens is 4. The highest BCUT2D eigenvalue weighted by Gasteiger charge is 2.15. The molecule has 4 heterocycles. The molecule has 0 aliphatic heterocycles. The molecule has 4 aromatic heterocycles. The van der Waals surface area contributed by atoms with Gasteiger partial charge in [0.2, 0.25) is 5.91 Å². The van der Waals surface area contributed by atoms with Gasteiger partial charge in [-0.15, -0.1) is 22.7 Å². The minimum Gasteiger partial charge on any atom is -0.358 e. The topological polar surface area (TPSA) is 75.1 Å². The Bertz CT molecular complexity index is 1250. The Kier molecular flexibility index (Phi) is 3.80. The van der Waals surface area contributed by atoms with Gasteiger partial charge in [-0.3, -0.25) is 9.20 Å². The molecule has 0 atom stereocenters. The van der Waals surface area contributed by atoms with E-state index in [0.717, 1.165) is 38.5 Å². The van der Waals surface area contributed by atoms with Crippen molar-refractivity contribution in [3.8, 4) is 11.3 Å². The molecule has 2 N–H and O–H groups in total. The monoisotopic (exact) mass is 393 g/mol. The average Bonchev–Trinajstić information content (AvgIpc) is 3.37. The molecule has 8 heteroatoms. The number of amides is 1. The smallest absolute Gasteiger partial charge is 0.232 e. The van der Waals surface area contributed by atoms with Gasteiger partial charge in [0.1, 0.15) is 0 Å². The summed E-state index contributed by atoms with van der Waals surface area (Å²) in [6, 6.07) is 8.16. The number of H-pyrrole nitrogens is 1. The zero-order valence-electron chi connectivity index (χ0n) is 14.4. The Labute approximate surface area is 162 Å². The van der Waals surface area contributed by atoms with Crippen molar-refractivity contribution in [2.75, 3.05) is 5.32 Å². The number of thiazole rings is 2. The van der Waals surface area contributed by atoms with Gasteiger partial charge < -0.3 is 10.3 Å². The second-order valence-corrected chi connectivity index (χ2v) is 7.99. The van der Waals surface area contributed by atoms with Crippen LogP contribution in [0, 0.1) is 6.92 Å². The Morgan fingerprint density at radius 3 is 3.04 bits per heavy atom. The fourth-order valence-corrected chi connectivity index (χ4v) is 4.68. The van der Waals surface area contributed by atoms with Crippen LogP contribution in [-0.2, 0) is 11.2 Å².